The monoisotopic (exact) mass is 189 g/mol. The lowest BCUT2D eigenvalue weighted by atomic mass is 10.3. The van der Waals surface area contributed by atoms with Crippen molar-refractivity contribution < 1.29 is 19.4 Å². The predicted octanol–water partition coefficient (Wildman–Crippen LogP) is -0.535. The van der Waals surface area contributed by atoms with E-state index < -0.39 is 12.1 Å². The third-order valence-corrected chi connectivity index (χ3v) is 1.88. The largest absolute Gasteiger partial charge is 0.479 e. The molecule has 5 heteroatoms. The van der Waals surface area contributed by atoms with E-state index in [4.69, 9.17) is 14.6 Å². The van der Waals surface area contributed by atoms with Crippen LogP contribution >= 0.6 is 0 Å². The van der Waals surface area contributed by atoms with Crippen LogP contribution in [0, 0.1) is 0 Å². The van der Waals surface area contributed by atoms with Crippen molar-refractivity contribution in [2.24, 2.45) is 0 Å². The molecule has 1 fully saturated rings. The fourth-order valence-electron chi connectivity index (χ4n) is 1.05. The first-order valence-electron chi connectivity index (χ1n) is 4.37. The summed E-state index contributed by atoms with van der Waals surface area (Å²) in [7, 11) is 0. The predicted molar refractivity (Wildman–Crippen MR) is 45.7 cm³/mol. The number of rotatable bonds is 4. The summed E-state index contributed by atoms with van der Waals surface area (Å²) < 4.78 is 10.4. The maximum absolute atomic E-state index is 10.4. The summed E-state index contributed by atoms with van der Waals surface area (Å²) in [5.74, 6) is -0.941. The lowest BCUT2D eigenvalue weighted by Crippen LogP contribution is -2.42. The normalized spacial score (nSPS) is 25.5. The van der Waals surface area contributed by atoms with E-state index in [1.54, 1.807) is 0 Å². The van der Waals surface area contributed by atoms with Crippen LogP contribution in [0.25, 0.3) is 0 Å². The highest BCUT2D eigenvalue weighted by molar-refractivity contribution is 5.71. The molecule has 2 N–H and O–H groups in total. The number of carboxylic acid groups (broad SMARTS) is 1. The molecular weight excluding hydrogens is 174 g/mol. The molecule has 1 saturated heterocycles. The molecule has 0 bridgehead atoms. The van der Waals surface area contributed by atoms with Crippen LogP contribution in [0.5, 0.6) is 0 Å². The number of ether oxygens (including phenoxy) is 2. The first-order valence-corrected chi connectivity index (χ1v) is 4.37. The SMILES string of the molecule is CC(OCC1CNCCO1)C(=O)O. The van der Waals surface area contributed by atoms with Gasteiger partial charge in [0.05, 0.1) is 19.3 Å². The van der Waals surface area contributed by atoms with E-state index in [1.807, 2.05) is 0 Å². The second kappa shape index (κ2) is 5.16. The molecular formula is C8H15NO4. The highest BCUT2D eigenvalue weighted by Gasteiger charge is 2.17. The topological polar surface area (TPSA) is 67.8 Å². The molecule has 5 nitrogen and oxygen atoms in total. The molecule has 0 radical (unpaired) electrons. The number of aliphatic carboxylic acids is 1. The fourth-order valence-corrected chi connectivity index (χ4v) is 1.05. The molecule has 0 amide bonds. The molecule has 0 aromatic rings. The summed E-state index contributed by atoms with van der Waals surface area (Å²) in [5, 5.41) is 11.7. The highest BCUT2D eigenvalue weighted by Crippen LogP contribution is 1.99. The van der Waals surface area contributed by atoms with E-state index >= 15 is 0 Å². The van der Waals surface area contributed by atoms with E-state index in [2.05, 4.69) is 5.32 Å². The summed E-state index contributed by atoms with van der Waals surface area (Å²) in [6.07, 6.45) is -0.777. The minimum atomic E-state index is -0.941. The quantitative estimate of drug-likeness (QED) is 0.622. The molecule has 76 valence electrons. The van der Waals surface area contributed by atoms with Gasteiger partial charge in [0.2, 0.25) is 0 Å². The number of carbonyl (C=O) groups is 1. The Morgan fingerprint density at radius 2 is 2.62 bits per heavy atom. The highest BCUT2D eigenvalue weighted by atomic mass is 16.5. The second-order valence-electron chi connectivity index (χ2n) is 3.01. The van der Waals surface area contributed by atoms with Gasteiger partial charge in [-0.3, -0.25) is 0 Å². The van der Waals surface area contributed by atoms with E-state index in [-0.39, 0.29) is 6.10 Å². The van der Waals surface area contributed by atoms with Crippen LogP contribution in [0.2, 0.25) is 0 Å². The molecule has 1 aliphatic rings. The summed E-state index contributed by atoms with van der Waals surface area (Å²) in [4.78, 5) is 10.4. The smallest absolute Gasteiger partial charge is 0.332 e. The van der Waals surface area contributed by atoms with Crippen molar-refractivity contribution in [3.8, 4) is 0 Å². The van der Waals surface area contributed by atoms with Crippen LogP contribution in [-0.4, -0.2) is 49.6 Å². The first kappa shape index (κ1) is 10.4. The lowest BCUT2D eigenvalue weighted by molar-refractivity contribution is -0.152. The van der Waals surface area contributed by atoms with Gasteiger partial charge in [0.25, 0.3) is 0 Å². The van der Waals surface area contributed by atoms with Gasteiger partial charge in [-0.25, -0.2) is 4.79 Å². The van der Waals surface area contributed by atoms with E-state index in [1.165, 1.54) is 6.92 Å². The Hall–Kier alpha value is -0.650. The zero-order valence-corrected chi connectivity index (χ0v) is 7.66. The molecule has 0 spiro atoms. The van der Waals surface area contributed by atoms with Gasteiger partial charge in [0, 0.05) is 13.1 Å². The van der Waals surface area contributed by atoms with Crippen molar-refractivity contribution in [1.29, 1.82) is 0 Å². The van der Waals surface area contributed by atoms with Gasteiger partial charge in [-0.1, -0.05) is 0 Å². The number of hydrogen-bond acceptors (Lipinski definition) is 4. The van der Waals surface area contributed by atoms with Crippen molar-refractivity contribution in [2.75, 3.05) is 26.3 Å². The Kier molecular flexibility index (Phi) is 4.14. The van der Waals surface area contributed by atoms with Crippen LogP contribution < -0.4 is 5.32 Å². The molecule has 2 unspecified atom stereocenters. The van der Waals surface area contributed by atoms with Crippen molar-refractivity contribution >= 4 is 5.97 Å². The molecule has 0 aromatic carbocycles. The summed E-state index contributed by atoms with van der Waals surface area (Å²) >= 11 is 0. The van der Waals surface area contributed by atoms with Crippen LogP contribution in [-0.2, 0) is 14.3 Å². The van der Waals surface area contributed by atoms with Crippen molar-refractivity contribution in [3.05, 3.63) is 0 Å². The maximum atomic E-state index is 10.4. The van der Waals surface area contributed by atoms with Crippen LogP contribution in [0.1, 0.15) is 6.92 Å². The van der Waals surface area contributed by atoms with Crippen molar-refractivity contribution in [2.45, 2.75) is 19.1 Å². The molecule has 0 saturated carbocycles. The Morgan fingerprint density at radius 1 is 1.85 bits per heavy atom. The van der Waals surface area contributed by atoms with Gasteiger partial charge >= 0.3 is 5.97 Å². The average molecular weight is 189 g/mol. The number of carboxylic acids is 1. The van der Waals surface area contributed by atoms with E-state index in [9.17, 15) is 4.79 Å². The molecule has 1 rings (SSSR count). The summed E-state index contributed by atoms with van der Waals surface area (Å²) in [5.41, 5.74) is 0. The minimum Gasteiger partial charge on any atom is -0.479 e. The van der Waals surface area contributed by atoms with Gasteiger partial charge in [-0.05, 0) is 6.92 Å². The molecule has 1 heterocycles. The van der Waals surface area contributed by atoms with Gasteiger partial charge in [0.15, 0.2) is 6.10 Å². The van der Waals surface area contributed by atoms with Crippen LogP contribution in [0.4, 0.5) is 0 Å². The lowest BCUT2D eigenvalue weighted by Gasteiger charge is -2.24. The molecule has 1 aliphatic heterocycles. The third-order valence-electron chi connectivity index (χ3n) is 1.88. The second-order valence-corrected chi connectivity index (χ2v) is 3.01. The zero-order chi connectivity index (χ0) is 9.68. The Balaban J connectivity index is 2.13. The Labute approximate surface area is 77.0 Å². The van der Waals surface area contributed by atoms with Gasteiger partial charge < -0.3 is 19.9 Å². The number of hydrogen-bond donors (Lipinski definition) is 2. The number of nitrogens with one attached hydrogen (secondary N) is 1. The molecule has 0 aromatic heterocycles. The molecule has 2 atom stereocenters. The van der Waals surface area contributed by atoms with Crippen molar-refractivity contribution in [1.82, 2.24) is 5.32 Å². The van der Waals surface area contributed by atoms with Crippen LogP contribution in [0.15, 0.2) is 0 Å². The number of morpholine rings is 1. The minimum absolute atomic E-state index is 0.0180. The molecule has 13 heavy (non-hydrogen) atoms. The fraction of sp³-hybridized carbons (Fsp3) is 0.875. The zero-order valence-electron chi connectivity index (χ0n) is 7.66. The van der Waals surface area contributed by atoms with Gasteiger partial charge in [-0.15, -0.1) is 0 Å². The average Bonchev–Trinajstić information content (AvgIpc) is 2.15. The summed E-state index contributed by atoms with van der Waals surface area (Å²) in [6, 6.07) is 0. The standard InChI is InChI=1S/C8H15NO4/c1-6(8(10)11)13-5-7-4-9-2-3-12-7/h6-7,9H,2-5H2,1H3,(H,10,11). The van der Waals surface area contributed by atoms with Crippen LogP contribution in [0.3, 0.4) is 0 Å². The van der Waals surface area contributed by atoms with Crippen molar-refractivity contribution in [3.63, 3.8) is 0 Å². The Morgan fingerprint density at radius 3 is 3.15 bits per heavy atom. The van der Waals surface area contributed by atoms with E-state index in [0.29, 0.717) is 13.2 Å². The Bertz CT molecular complexity index is 168. The summed E-state index contributed by atoms with van der Waals surface area (Å²) in [6.45, 7) is 4.09. The maximum Gasteiger partial charge on any atom is 0.332 e. The first-order chi connectivity index (χ1) is 6.20. The third kappa shape index (κ3) is 3.71. The van der Waals surface area contributed by atoms with E-state index in [0.717, 1.165) is 13.1 Å². The van der Waals surface area contributed by atoms with Gasteiger partial charge in [-0.2, -0.15) is 0 Å². The molecule has 0 aliphatic carbocycles. The van der Waals surface area contributed by atoms with Gasteiger partial charge in [0.1, 0.15) is 0 Å².